The molecule has 0 aliphatic rings. The smallest absolute Gasteiger partial charge is 0.870 e. The van der Waals surface area contributed by atoms with Crippen LogP contribution in [-0.4, -0.2) is 28.7 Å². The van der Waals surface area contributed by atoms with Crippen LogP contribution in [0.2, 0.25) is 0 Å². The zero-order valence-corrected chi connectivity index (χ0v) is 6.82. The van der Waals surface area contributed by atoms with Gasteiger partial charge in [0.15, 0.2) is 0 Å². The second-order valence-electron chi connectivity index (χ2n) is 1.71. The molecule has 0 rings (SSSR count). The maximum atomic E-state index is 10.3. The molecule has 1 amide bonds. The van der Waals surface area contributed by atoms with Gasteiger partial charge in [-0.2, -0.15) is 0 Å². The average Bonchev–Trinajstić information content (AvgIpc) is 1.84. The van der Waals surface area contributed by atoms with E-state index in [1.165, 1.54) is 12.4 Å². The quantitative estimate of drug-likeness (QED) is 0.339. The molecule has 0 aromatic carbocycles. The molecule has 0 unspecified atom stereocenters. The Hall–Kier alpha value is -0.184. The number of hydrogen-bond donors (Lipinski definition) is 3. The van der Waals surface area contributed by atoms with Crippen LogP contribution in [0, 0.1) is 0 Å². The van der Waals surface area contributed by atoms with Gasteiger partial charge in [-0.05, 0) is 0 Å². The van der Waals surface area contributed by atoms with Gasteiger partial charge in [0.2, 0.25) is 0 Å². The second kappa shape index (κ2) is 7.92. The zero-order chi connectivity index (χ0) is 7.44. The van der Waals surface area contributed by atoms with Gasteiger partial charge in [0, 0.05) is 0 Å². The molecule has 69 valence electrons. The largest absolute Gasteiger partial charge is 2.00 e. The van der Waals surface area contributed by atoms with Gasteiger partial charge in [-0.25, -0.2) is 5.48 Å². The SMILES string of the molecule is C[C@@H]([O-])[C@H](N)C(=O)NO.[Co+2].[OH-]. The molecule has 0 saturated carbocycles. The van der Waals surface area contributed by atoms with E-state index in [0.717, 1.165) is 0 Å². The van der Waals surface area contributed by atoms with E-state index in [-0.39, 0.29) is 22.3 Å². The van der Waals surface area contributed by atoms with Gasteiger partial charge in [0.05, 0.1) is 6.04 Å². The van der Waals surface area contributed by atoms with E-state index in [4.69, 9.17) is 10.9 Å². The Bertz CT molecular complexity index is 110. The molecule has 1 radical (unpaired) electrons. The molecule has 0 fully saturated rings. The number of carbonyl (C=O) groups excluding carboxylic acids is 1. The number of rotatable bonds is 2. The van der Waals surface area contributed by atoms with Gasteiger partial charge in [-0.3, -0.25) is 10.0 Å². The molecule has 6 nitrogen and oxygen atoms in total. The Morgan fingerprint density at radius 2 is 2.09 bits per heavy atom. The van der Waals surface area contributed by atoms with Gasteiger partial charge in [0.1, 0.15) is 0 Å². The number of carbonyl (C=O) groups is 1. The van der Waals surface area contributed by atoms with Gasteiger partial charge < -0.3 is 16.3 Å². The molecule has 11 heavy (non-hydrogen) atoms. The molecule has 5 N–H and O–H groups in total. The van der Waals surface area contributed by atoms with Crippen LogP contribution in [0.3, 0.4) is 0 Å². The summed E-state index contributed by atoms with van der Waals surface area (Å²) in [5, 5.41) is 18.3. The molecule has 7 heteroatoms. The van der Waals surface area contributed by atoms with E-state index in [1.54, 1.807) is 0 Å². The molecule has 0 aliphatic carbocycles. The number of nitrogens with two attached hydrogens (primary N) is 1. The van der Waals surface area contributed by atoms with E-state index >= 15 is 0 Å². The van der Waals surface area contributed by atoms with E-state index in [1.807, 2.05) is 0 Å². The fraction of sp³-hybridized carbons (Fsp3) is 0.750. The summed E-state index contributed by atoms with van der Waals surface area (Å²) in [5.41, 5.74) is 6.27. The summed E-state index contributed by atoms with van der Waals surface area (Å²) in [6.45, 7) is 1.25. The average molecular weight is 209 g/mol. The van der Waals surface area contributed by atoms with Crippen molar-refractivity contribution in [3.63, 3.8) is 0 Å². The first-order valence-electron chi connectivity index (χ1n) is 2.45. The molecule has 0 aromatic rings. The monoisotopic (exact) mass is 209 g/mol. The minimum absolute atomic E-state index is 0. The third kappa shape index (κ3) is 6.22. The molecule has 2 atom stereocenters. The first-order chi connectivity index (χ1) is 4.09. The Morgan fingerprint density at radius 3 is 2.18 bits per heavy atom. The van der Waals surface area contributed by atoms with Gasteiger partial charge in [-0.1, -0.05) is 6.92 Å². The summed E-state index contributed by atoms with van der Waals surface area (Å²) < 4.78 is 0. The summed E-state index contributed by atoms with van der Waals surface area (Å²) >= 11 is 0. The summed E-state index contributed by atoms with van der Waals surface area (Å²) in [7, 11) is 0. The fourth-order valence-electron chi connectivity index (χ4n) is 0.288. The summed E-state index contributed by atoms with van der Waals surface area (Å²) in [6.07, 6.45) is -1.20. The minimum Gasteiger partial charge on any atom is -0.870 e. The van der Waals surface area contributed by atoms with Crippen molar-refractivity contribution in [3.8, 4) is 0 Å². The van der Waals surface area contributed by atoms with Crippen molar-refractivity contribution in [2.24, 2.45) is 5.73 Å². The Balaban J connectivity index is -0.000000320. The molecule has 0 saturated heterocycles. The molecule has 0 aliphatic heterocycles. The Morgan fingerprint density at radius 1 is 1.73 bits per heavy atom. The van der Waals surface area contributed by atoms with Gasteiger partial charge in [0.25, 0.3) is 5.91 Å². The van der Waals surface area contributed by atoms with E-state index in [2.05, 4.69) is 0 Å². The van der Waals surface area contributed by atoms with Crippen LogP contribution in [0.25, 0.3) is 0 Å². The van der Waals surface area contributed by atoms with Crippen LogP contribution in [0.15, 0.2) is 0 Å². The van der Waals surface area contributed by atoms with Crippen molar-refractivity contribution in [1.29, 1.82) is 0 Å². The van der Waals surface area contributed by atoms with Crippen molar-refractivity contribution in [2.45, 2.75) is 19.1 Å². The maximum absolute atomic E-state index is 10.3. The Labute approximate surface area is 74.2 Å². The van der Waals surface area contributed by atoms with Gasteiger partial charge in [-0.15, -0.1) is 6.10 Å². The van der Waals surface area contributed by atoms with Crippen LogP contribution in [0.1, 0.15) is 6.92 Å². The third-order valence-corrected chi connectivity index (χ3v) is 0.919. The predicted molar refractivity (Wildman–Crippen MR) is 29.3 cm³/mol. The van der Waals surface area contributed by atoms with Crippen LogP contribution >= 0.6 is 0 Å². The molecule has 0 aromatic heterocycles. The van der Waals surface area contributed by atoms with Crippen molar-refractivity contribution < 1.29 is 37.4 Å². The third-order valence-electron chi connectivity index (χ3n) is 0.919. The first-order valence-corrected chi connectivity index (χ1v) is 2.45. The van der Waals surface area contributed by atoms with Crippen molar-refractivity contribution in [1.82, 2.24) is 5.48 Å². The number of nitrogens with one attached hydrogen (secondary N) is 1. The first kappa shape index (κ1) is 17.1. The number of amides is 1. The Kier molecular flexibility index (Phi) is 12.3. The zero-order valence-electron chi connectivity index (χ0n) is 5.78. The van der Waals surface area contributed by atoms with Crippen LogP contribution in [0.5, 0.6) is 0 Å². The summed E-state index contributed by atoms with van der Waals surface area (Å²) in [4.78, 5) is 10.3. The second-order valence-corrected chi connectivity index (χ2v) is 1.71. The fourth-order valence-corrected chi connectivity index (χ4v) is 0.288. The van der Waals surface area contributed by atoms with Crippen molar-refractivity contribution in [2.75, 3.05) is 0 Å². The number of hydrogen-bond acceptors (Lipinski definition) is 5. The predicted octanol–water partition coefficient (Wildman–Crippen LogP) is -2.61. The molecule has 0 bridgehead atoms. The minimum atomic E-state index is -1.20. The summed E-state index contributed by atoms with van der Waals surface area (Å²) in [5.74, 6) is -0.850. The topological polar surface area (TPSA) is 128 Å². The summed E-state index contributed by atoms with van der Waals surface area (Å²) in [6, 6.07) is -1.17. The van der Waals surface area contributed by atoms with E-state index in [0.29, 0.717) is 0 Å². The van der Waals surface area contributed by atoms with Crippen LogP contribution in [-0.2, 0) is 21.6 Å². The van der Waals surface area contributed by atoms with E-state index < -0.39 is 18.1 Å². The van der Waals surface area contributed by atoms with Gasteiger partial charge >= 0.3 is 16.8 Å². The van der Waals surface area contributed by atoms with Crippen molar-refractivity contribution in [3.05, 3.63) is 0 Å². The van der Waals surface area contributed by atoms with Crippen LogP contribution in [0.4, 0.5) is 0 Å². The maximum Gasteiger partial charge on any atom is 2.00 e. The van der Waals surface area contributed by atoms with Crippen molar-refractivity contribution >= 4 is 5.91 Å². The molecule has 0 heterocycles. The standard InChI is InChI=1S/C4H9N2O3.Co.H2O/c1-2(7)3(5)4(8)6-9;;/h2-3,9H,5H2,1H3,(H,6,8);;1H2/q-1;+2;/p-1/t2-,3+;;/m1../s1. The number of hydroxylamine groups is 1. The molecule has 0 spiro atoms. The van der Waals surface area contributed by atoms with E-state index in [9.17, 15) is 9.90 Å². The molecular formula is C4H10CoN2O4. The normalized spacial score (nSPS) is 13.5. The molecular weight excluding hydrogens is 199 g/mol. The van der Waals surface area contributed by atoms with Crippen LogP contribution < -0.4 is 16.3 Å².